The van der Waals surface area contributed by atoms with Crippen molar-refractivity contribution in [3.8, 4) is 0 Å². The average molecular weight is 247 g/mol. The molecule has 1 aromatic carbocycles. The van der Waals surface area contributed by atoms with Crippen molar-refractivity contribution in [2.75, 3.05) is 19.8 Å². The predicted octanol–water partition coefficient (Wildman–Crippen LogP) is 3.55. The second kappa shape index (κ2) is 7.34. The summed E-state index contributed by atoms with van der Waals surface area (Å²) in [5, 5.41) is 3.47. The Bertz CT molecular complexity index is 378. The molecule has 1 unspecified atom stereocenters. The summed E-state index contributed by atoms with van der Waals surface area (Å²) in [5.41, 5.74) is 5.04. The normalized spacial score (nSPS) is 12.4. The van der Waals surface area contributed by atoms with Gasteiger partial charge in [-0.3, -0.25) is 0 Å². The zero-order valence-electron chi connectivity index (χ0n) is 12.0. The summed E-state index contributed by atoms with van der Waals surface area (Å²) in [6.07, 6.45) is 0. The lowest BCUT2D eigenvalue weighted by molar-refractivity contribution is 0.156. The van der Waals surface area contributed by atoms with Gasteiger partial charge in [-0.25, -0.2) is 0 Å². The maximum atomic E-state index is 5.47. The van der Waals surface area contributed by atoms with E-state index in [1.165, 1.54) is 16.7 Å². The summed E-state index contributed by atoms with van der Waals surface area (Å²) in [6, 6.07) is 7.03. The second-order valence-electron chi connectivity index (χ2n) is 5.11. The molecule has 0 aromatic heterocycles. The molecular formula is C16H25NO. The largest absolute Gasteiger partial charge is 0.376 e. The van der Waals surface area contributed by atoms with Crippen molar-refractivity contribution in [1.29, 1.82) is 0 Å². The van der Waals surface area contributed by atoms with Crippen molar-refractivity contribution < 1.29 is 4.74 Å². The summed E-state index contributed by atoms with van der Waals surface area (Å²) < 4.78 is 5.47. The summed E-state index contributed by atoms with van der Waals surface area (Å²) in [5.74, 6) is 0. The molecule has 18 heavy (non-hydrogen) atoms. The van der Waals surface area contributed by atoms with E-state index >= 15 is 0 Å². The Labute approximate surface area is 111 Å². The first kappa shape index (κ1) is 14.9. The monoisotopic (exact) mass is 247 g/mol. The zero-order chi connectivity index (χ0) is 13.5. The fourth-order valence-electron chi connectivity index (χ4n) is 1.97. The van der Waals surface area contributed by atoms with Crippen molar-refractivity contribution in [1.82, 2.24) is 5.32 Å². The molecule has 0 aliphatic rings. The maximum absolute atomic E-state index is 5.47. The van der Waals surface area contributed by atoms with Gasteiger partial charge in [0.1, 0.15) is 0 Å². The summed E-state index contributed by atoms with van der Waals surface area (Å²) in [4.78, 5) is 0. The molecule has 0 fully saturated rings. The van der Waals surface area contributed by atoms with E-state index in [1.807, 2.05) is 6.92 Å². The lowest BCUT2D eigenvalue weighted by Crippen LogP contribution is -2.23. The van der Waals surface area contributed by atoms with E-state index < -0.39 is 0 Å². The molecule has 0 heterocycles. The van der Waals surface area contributed by atoms with Crippen molar-refractivity contribution in [2.45, 2.75) is 33.7 Å². The molecule has 2 nitrogen and oxygen atoms in total. The van der Waals surface area contributed by atoms with Gasteiger partial charge in [-0.05, 0) is 33.3 Å². The SMILES string of the molecule is C=C(C)COCCNC(C)c1cc(C)cc(C)c1. The van der Waals surface area contributed by atoms with Gasteiger partial charge in [-0.1, -0.05) is 41.5 Å². The number of hydrogen-bond acceptors (Lipinski definition) is 2. The third kappa shape index (κ3) is 5.48. The van der Waals surface area contributed by atoms with Gasteiger partial charge in [0.05, 0.1) is 13.2 Å². The van der Waals surface area contributed by atoms with Gasteiger partial charge in [0.15, 0.2) is 0 Å². The summed E-state index contributed by atoms with van der Waals surface area (Å²) in [7, 11) is 0. The Balaban J connectivity index is 2.36. The molecule has 2 heteroatoms. The number of rotatable bonds is 7. The van der Waals surface area contributed by atoms with Gasteiger partial charge < -0.3 is 10.1 Å². The van der Waals surface area contributed by atoms with Gasteiger partial charge in [-0.15, -0.1) is 0 Å². The first-order chi connectivity index (χ1) is 8.49. The van der Waals surface area contributed by atoms with Crippen LogP contribution in [0.4, 0.5) is 0 Å². The van der Waals surface area contributed by atoms with Crippen molar-refractivity contribution in [3.63, 3.8) is 0 Å². The molecule has 0 aliphatic heterocycles. The fourth-order valence-corrected chi connectivity index (χ4v) is 1.97. The van der Waals surface area contributed by atoms with Crippen molar-refractivity contribution in [3.05, 3.63) is 47.0 Å². The number of benzene rings is 1. The van der Waals surface area contributed by atoms with Crippen LogP contribution in [-0.4, -0.2) is 19.8 Å². The van der Waals surface area contributed by atoms with Gasteiger partial charge in [-0.2, -0.15) is 0 Å². The third-order valence-electron chi connectivity index (χ3n) is 2.79. The maximum Gasteiger partial charge on any atom is 0.0672 e. The van der Waals surface area contributed by atoms with Gasteiger partial charge in [0.25, 0.3) is 0 Å². The van der Waals surface area contributed by atoms with Crippen molar-refractivity contribution in [2.24, 2.45) is 0 Å². The lowest BCUT2D eigenvalue weighted by atomic mass is 10.0. The van der Waals surface area contributed by atoms with E-state index in [0.29, 0.717) is 12.6 Å². The lowest BCUT2D eigenvalue weighted by Gasteiger charge is -2.16. The Morgan fingerprint density at radius 2 is 1.89 bits per heavy atom. The number of nitrogens with one attached hydrogen (secondary N) is 1. The highest BCUT2D eigenvalue weighted by Crippen LogP contribution is 2.16. The Kier molecular flexibility index (Phi) is 6.10. The minimum Gasteiger partial charge on any atom is -0.376 e. The fraction of sp³-hybridized carbons (Fsp3) is 0.500. The van der Waals surface area contributed by atoms with Crippen LogP contribution in [0.15, 0.2) is 30.4 Å². The third-order valence-corrected chi connectivity index (χ3v) is 2.79. The quantitative estimate of drug-likeness (QED) is 0.588. The van der Waals surface area contributed by atoms with Crippen LogP contribution in [0.25, 0.3) is 0 Å². The van der Waals surface area contributed by atoms with Gasteiger partial charge in [0, 0.05) is 12.6 Å². The van der Waals surface area contributed by atoms with Crippen LogP contribution in [0.1, 0.15) is 36.6 Å². The molecule has 1 aromatic rings. The average Bonchev–Trinajstić information content (AvgIpc) is 2.26. The standard InChI is InChI=1S/C16H25NO/c1-12(2)11-18-7-6-17-15(5)16-9-13(3)8-14(4)10-16/h8-10,15,17H,1,6-7,11H2,2-5H3. The minimum atomic E-state index is 0.358. The highest BCUT2D eigenvalue weighted by atomic mass is 16.5. The molecule has 0 amide bonds. The van der Waals surface area contributed by atoms with Crippen LogP contribution in [0.2, 0.25) is 0 Å². The van der Waals surface area contributed by atoms with Crippen LogP contribution in [0.5, 0.6) is 0 Å². The van der Waals surface area contributed by atoms with Gasteiger partial charge in [0.2, 0.25) is 0 Å². The molecule has 0 spiro atoms. The molecule has 1 N–H and O–H groups in total. The topological polar surface area (TPSA) is 21.3 Å². The summed E-state index contributed by atoms with van der Waals surface area (Å²) in [6.45, 7) is 14.5. The Morgan fingerprint density at radius 1 is 1.28 bits per heavy atom. The first-order valence-corrected chi connectivity index (χ1v) is 6.52. The molecule has 0 radical (unpaired) electrons. The molecule has 0 saturated carbocycles. The van der Waals surface area contributed by atoms with Gasteiger partial charge >= 0.3 is 0 Å². The Hall–Kier alpha value is -1.12. The van der Waals surface area contributed by atoms with E-state index in [0.717, 1.165) is 18.7 Å². The highest BCUT2D eigenvalue weighted by Gasteiger charge is 2.05. The molecule has 1 rings (SSSR count). The molecule has 1 atom stereocenters. The summed E-state index contributed by atoms with van der Waals surface area (Å²) >= 11 is 0. The first-order valence-electron chi connectivity index (χ1n) is 6.52. The van der Waals surface area contributed by atoms with Crippen molar-refractivity contribution >= 4 is 0 Å². The number of hydrogen-bond donors (Lipinski definition) is 1. The number of aryl methyl sites for hydroxylation is 2. The van der Waals surface area contributed by atoms with Crippen LogP contribution >= 0.6 is 0 Å². The second-order valence-corrected chi connectivity index (χ2v) is 5.11. The smallest absolute Gasteiger partial charge is 0.0672 e. The Morgan fingerprint density at radius 3 is 2.44 bits per heavy atom. The van der Waals surface area contributed by atoms with Crippen LogP contribution in [0, 0.1) is 13.8 Å². The van der Waals surface area contributed by atoms with E-state index in [4.69, 9.17) is 4.74 Å². The van der Waals surface area contributed by atoms with Crippen LogP contribution in [0.3, 0.4) is 0 Å². The minimum absolute atomic E-state index is 0.358. The molecule has 0 saturated heterocycles. The highest BCUT2D eigenvalue weighted by molar-refractivity contribution is 5.30. The molecule has 100 valence electrons. The van der Waals surface area contributed by atoms with Crippen LogP contribution < -0.4 is 5.32 Å². The predicted molar refractivity (Wildman–Crippen MR) is 78.0 cm³/mol. The van der Waals surface area contributed by atoms with E-state index in [9.17, 15) is 0 Å². The molecule has 0 aliphatic carbocycles. The molecule has 0 bridgehead atoms. The number of ether oxygens (including phenoxy) is 1. The van der Waals surface area contributed by atoms with E-state index in [1.54, 1.807) is 0 Å². The molecular weight excluding hydrogens is 222 g/mol. The zero-order valence-corrected chi connectivity index (χ0v) is 12.0. The van der Waals surface area contributed by atoms with Crippen LogP contribution in [-0.2, 0) is 4.74 Å². The van der Waals surface area contributed by atoms with E-state index in [-0.39, 0.29) is 0 Å². The van der Waals surface area contributed by atoms with E-state index in [2.05, 4.69) is 50.9 Å².